The van der Waals surface area contributed by atoms with Gasteiger partial charge in [-0.15, -0.1) is 0 Å². The number of nitrogens with one attached hydrogen (secondary N) is 2. The number of ether oxygens (including phenoxy) is 1. The van der Waals surface area contributed by atoms with Crippen molar-refractivity contribution in [1.82, 2.24) is 15.8 Å². The number of carbonyl (C=O) groups is 2. The summed E-state index contributed by atoms with van der Waals surface area (Å²) < 4.78 is 9.94. The summed E-state index contributed by atoms with van der Waals surface area (Å²) in [6.07, 6.45) is 0. The highest BCUT2D eigenvalue weighted by Gasteiger charge is 2.13. The van der Waals surface area contributed by atoms with Crippen molar-refractivity contribution >= 4 is 23.4 Å². The van der Waals surface area contributed by atoms with Crippen LogP contribution < -0.4 is 15.4 Å². The quantitative estimate of drug-likeness (QED) is 0.784. The van der Waals surface area contributed by atoms with Crippen LogP contribution in [-0.4, -0.2) is 37.2 Å². The number of methoxy groups -OCH3 is 1. The Labute approximate surface area is 137 Å². The number of halogens is 1. The lowest BCUT2D eigenvalue weighted by Gasteiger charge is -2.10. The van der Waals surface area contributed by atoms with E-state index < -0.39 is 0 Å². The van der Waals surface area contributed by atoms with Crippen LogP contribution in [0.1, 0.15) is 26.6 Å². The predicted molar refractivity (Wildman–Crippen MR) is 83.9 cm³/mol. The monoisotopic (exact) mass is 337 g/mol. The van der Waals surface area contributed by atoms with Gasteiger partial charge in [-0.1, -0.05) is 16.8 Å². The first kappa shape index (κ1) is 16.8. The Hall–Kier alpha value is -2.54. The van der Waals surface area contributed by atoms with Gasteiger partial charge in [0.2, 0.25) is 0 Å². The van der Waals surface area contributed by atoms with Crippen molar-refractivity contribution in [2.45, 2.75) is 6.92 Å². The number of amides is 2. The summed E-state index contributed by atoms with van der Waals surface area (Å²) in [6, 6.07) is 6.31. The smallest absolute Gasteiger partial charge is 0.273 e. The van der Waals surface area contributed by atoms with Gasteiger partial charge in [-0.05, 0) is 25.1 Å². The van der Waals surface area contributed by atoms with Gasteiger partial charge in [0, 0.05) is 24.2 Å². The number of aryl methyl sites for hydroxylation is 1. The maximum Gasteiger partial charge on any atom is 0.273 e. The van der Waals surface area contributed by atoms with Gasteiger partial charge in [0.1, 0.15) is 11.5 Å². The van der Waals surface area contributed by atoms with Gasteiger partial charge in [0.25, 0.3) is 11.8 Å². The van der Waals surface area contributed by atoms with E-state index in [1.807, 2.05) is 0 Å². The average Bonchev–Trinajstić information content (AvgIpc) is 2.97. The Morgan fingerprint density at radius 2 is 1.91 bits per heavy atom. The van der Waals surface area contributed by atoms with E-state index in [0.717, 1.165) is 0 Å². The van der Waals surface area contributed by atoms with Crippen molar-refractivity contribution in [3.8, 4) is 5.75 Å². The third-order valence-electron chi connectivity index (χ3n) is 2.96. The molecular weight excluding hydrogens is 322 g/mol. The highest BCUT2D eigenvalue weighted by atomic mass is 35.5. The fourth-order valence-electron chi connectivity index (χ4n) is 1.87. The van der Waals surface area contributed by atoms with Crippen LogP contribution in [0.3, 0.4) is 0 Å². The zero-order valence-electron chi connectivity index (χ0n) is 12.7. The first-order valence-corrected chi connectivity index (χ1v) is 7.22. The van der Waals surface area contributed by atoms with Crippen LogP contribution in [0.2, 0.25) is 5.02 Å². The fraction of sp³-hybridized carbons (Fsp3) is 0.267. The maximum atomic E-state index is 12.1. The Kier molecular flexibility index (Phi) is 5.59. The van der Waals surface area contributed by atoms with Crippen LogP contribution in [0.4, 0.5) is 0 Å². The van der Waals surface area contributed by atoms with E-state index in [0.29, 0.717) is 22.1 Å². The lowest BCUT2D eigenvalue weighted by atomic mass is 10.2. The van der Waals surface area contributed by atoms with Crippen LogP contribution >= 0.6 is 11.6 Å². The molecule has 0 fully saturated rings. The fourth-order valence-corrected chi connectivity index (χ4v) is 2.04. The van der Waals surface area contributed by atoms with E-state index >= 15 is 0 Å². The Morgan fingerprint density at radius 3 is 2.52 bits per heavy atom. The van der Waals surface area contributed by atoms with Gasteiger partial charge in [-0.3, -0.25) is 9.59 Å². The molecule has 1 aromatic heterocycles. The summed E-state index contributed by atoms with van der Waals surface area (Å²) in [5, 5.41) is 9.34. The van der Waals surface area contributed by atoms with Crippen molar-refractivity contribution in [2.24, 2.45) is 0 Å². The lowest BCUT2D eigenvalue weighted by Crippen LogP contribution is -2.34. The lowest BCUT2D eigenvalue weighted by molar-refractivity contribution is 0.0921. The predicted octanol–water partition coefficient (Wildman–Crippen LogP) is 1.80. The number of nitrogens with zero attached hydrogens (tertiary/aromatic N) is 1. The second kappa shape index (κ2) is 7.64. The van der Waals surface area contributed by atoms with Gasteiger partial charge in [0.15, 0.2) is 5.69 Å². The number of rotatable bonds is 6. The van der Waals surface area contributed by atoms with Crippen LogP contribution in [0.25, 0.3) is 0 Å². The normalized spacial score (nSPS) is 10.2. The number of aromatic nitrogens is 1. The summed E-state index contributed by atoms with van der Waals surface area (Å²) in [5.74, 6) is 0.276. The highest BCUT2D eigenvalue weighted by Crippen LogP contribution is 2.22. The Morgan fingerprint density at radius 1 is 1.22 bits per heavy atom. The summed E-state index contributed by atoms with van der Waals surface area (Å²) in [7, 11) is 1.47. The number of hydrogen-bond acceptors (Lipinski definition) is 5. The van der Waals surface area contributed by atoms with E-state index in [4.69, 9.17) is 20.9 Å². The molecule has 2 aromatic rings. The summed E-state index contributed by atoms with van der Waals surface area (Å²) in [4.78, 5) is 23.8. The minimum absolute atomic E-state index is 0.199. The van der Waals surface area contributed by atoms with Crippen LogP contribution in [-0.2, 0) is 0 Å². The minimum atomic E-state index is -0.364. The molecule has 0 saturated heterocycles. The number of benzene rings is 1. The average molecular weight is 338 g/mol. The van der Waals surface area contributed by atoms with Crippen molar-refractivity contribution in [1.29, 1.82) is 0 Å². The molecule has 0 saturated carbocycles. The van der Waals surface area contributed by atoms with Crippen molar-refractivity contribution < 1.29 is 18.8 Å². The molecule has 0 aliphatic rings. The van der Waals surface area contributed by atoms with Gasteiger partial charge in [0.05, 0.1) is 12.7 Å². The summed E-state index contributed by atoms with van der Waals surface area (Å²) in [5.41, 5.74) is 0.531. The molecular formula is C15H16ClN3O4. The standard InChI is InChI=1S/C15H16ClN3O4/c1-9-7-12(19-23-9)15(21)18-6-5-17-14(20)11-8-10(16)3-4-13(11)22-2/h3-4,7-8H,5-6H2,1-2H3,(H,17,20)(H,18,21). The highest BCUT2D eigenvalue weighted by molar-refractivity contribution is 6.31. The number of hydrogen-bond donors (Lipinski definition) is 2. The van der Waals surface area contributed by atoms with E-state index in [-0.39, 0.29) is 30.6 Å². The van der Waals surface area contributed by atoms with Crippen molar-refractivity contribution in [3.63, 3.8) is 0 Å². The van der Waals surface area contributed by atoms with E-state index in [9.17, 15) is 9.59 Å². The SMILES string of the molecule is COc1ccc(Cl)cc1C(=O)NCCNC(=O)c1cc(C)on1. The molecule has 8 heteroatoms. The molecule has 7 nitrogen and oxygen atoms in total. The van der Waals surface area contributed by atoms with Crippen LogP contribution in [0.15, 0.2) is 28.8 Å². The molecule has 0 unspecified atom stereocenters. The zero-order valence-corrected chi connectivity index (χ0v) is 13.4. The van der Waals surface area contributed by atoms with Crippen LogP contribution in [0.5, 0.6) is 5.75 Å². The molecule has 122 valence electrons. The molecule has 2 N–H and O–H groups in total. The molecule has 0 bridgehead atoms. The summed E-state index contributed by atoms with van der Waals surface area (Å²) in [6.45, 7) is 2.19. The molecule has 0 aliphatic carbocycles. The Balaban J connectivity index is 1.83. The molecule has 0 atom stereocenters. The van der Waals surface area contributed by atoms with Gasteiger partial charge >= 0.3 is 0 Å². The second-order valence-corrected chi connectivity index (χ2v) is 5.12. The van der Waals surface area contributed by atoms with E-state index in [2.05, 4.69) is 15.8 Å². The maximum absolute atomic E-state index is 12.1. The zero-order chi connectivity index (χ0) is 16.8. The van der Waals surface area contributed by atoms with Crippen molar-refractivity contribution in [3.05, 3.63) is 46.3 Å². The third kappa shape index (κ3) is 4.46. The second-order valence-electron chi connectivity index (χ2n) is 4.68. The first-order valence-electron chi connectivity index (χ1n) is 6.84. The molecule has 1 aromatic carbocycles. The van der Waals surface area contributed by atoms with Gasteiger partial charge < -0.3 is 19.9 Å². The topological polar surface area (TPSA) is 93.5 Å². The van der Waals surface area contributed by atoms with Crippen LogP contribution in [0, 0.1) is 6.92 Å². The molecule has 2 amide bonds. The molecule has 0 aliphatic heterocycles. The first-order chi connectivity index (χ1) is 11.0. The van der Waals surface area contributed by atoms with Gasteiger partial charge in [-0.2, -0.15) is 0 Å². The van der Waals surface area contributed by atoms with Crippen molar-refractivity contribution in [2.75, 3.05) is 20.2 Å². The largest absolute Gasteiger partial charge is 0.496 e. The Bertz CT molecular complexity index is 714. The van der Waals surface area contributed by atoms with Gasteiger partial charge in [-0.25, -0.2) is 0 Å². The molecule has 0 radical (unpaired) electrons. The number of carbonyl (C=O) groups excluding carboxylic acids is 2. The summed E-state index contributed by atoms with van der Waals surface area (Å²) >= 11 is 5.88. The minimum Gasteiger partial charge on any atom is -0.496 e. The molecule has 2 rings (SSSR count). The molecule has 1 heterocycles. The molecule has 0 spiro atoms. The molecule has 23 heavy (non-hydrogen) atoms. The van der Waals surface area contributed by atoms with E-state index in [1.54, 1.807) is 19.1 Å². The third-order valence-corrected chi connectivity index (χ3v) is 3.20. The van der Waals surface area contributed by atoms with E-state index in [1.165, 1.54) is 19.2 Å².